The molecule has 0 aromatic heterocycles. The normalized spacial score (nSPS) is 12.0. The molecule has 0 aromatic rings. The van der Waals surface area contributed by atoms with E-state index in [2.05, 4.69) is 40.2 Å². The number of esters is 1. The number of hydrogen-bond acceptors (Lipinski definition) is 2. The SMILES string of the molecule is CCCCCCCCC=CCCCCCC(=O)OCC[N+](C)(C)C. The van der Waals surface area contributed by atoms with E-state index in [0.29, 0.717) is 13.0 Å². The van der Waals surface area contributed by atoms with Crippen LogP contribution in [0.5, 0.6) is 0 Å². The Morgan fingerprint density at radius 1 is 0.833 bits per heavy atom. The molecule has 0 radical (unpaired) electrons. The number of allylic oxidation sites excluding steroid dienone is 2. The molecular weight excluding hydrogens is 298 g/mol. The third-order valence-electron chi connectivity index (χ3n) is 4.17. The lowest BCUT2D eigenvalue weighted by atomic mass is 10.1. The molecule has 0 aliphatic heterocycles. The molecule has 0 unspecified atom stereocenters. The summed E-state index contributed by atoms with van der Waals surface area (Å²) in [6.07, 6.45) is 19.1. The Bertz CT molecular complexity index is 318. The third-order valence-corrected chi connectivity index (χ3v) is 4.17. The summed E-state index contributed by atoms with van der Waals surface area (Å²) in [6, 6.07) is 0. The van der Waals surface area contributed by atoms with Gasteiger partial charge in [0.1, 0.15) is 13.2 Å². The van der Waals surface area contributed by atoms with Gasteiger partial charge in [-0.25, -0.2) is 0 Å². The number of carbonyl (C=O) groups is 1. The molecule has 0 N–H and O–H groups in total. The number of carbonyl (C=O) groups excluding carboxylic acids is 1. The molecule has 0 aromatic carbocycles. The van der Waals surface area contributed by atoms with E-state index in [1.54, 1.807) is 0 Å². The second kappa shape index (κ2) is 15.7. The highest BCUT2D eigenvalue weighted by molar-refractivity contribution is 5.69. The highest BCUT2D eigenvalue weighted by Gasteiger charge is 2.08. The van der Waals surface area contributed by atoms with Crippen LogP contribution < -0.4 is 0 Å². The first-order valence-corrected chi connectivity index (χ1v) is 10.1. The standard InChI is InChI=1S/C21H42NO2/c1-5-6-7-8-9-10-11-12-13-14-15-16-17-18-21(23)24-20-19-22(2,3)4/h12-13H,5-11,14-20H2,1-4H3/q+1. The van der Waals surface area contributed by atoms with Crippen molar-refractivity contribution in [2.45, 2.75) is 84.0 Å². The van der Waals surface area contributed by atoms with Gasteiger partial charge in [0, 0.05) is 6.42 Å². The molecule has 0 aliphatic carbocycles. The van der Waals surface area contributed by atoms with E-state index in [0.717, 1.165) is 30.3 Å². The predicted molar refractivity (Wildman–Crippen MR) is 104 cm³/mol. The summed E-state index contributed by atoms with van der Waals surface area (Å²) >= 11 is 0. The Kier molecular flexibility index (Phi) is 15.1. The molecule has 0 atom stereocenters. The summed E-state index contributed by atoms with van der Waals surface area (Å²) in [7, 11) is 6.31. The maximum Gasteiger partial charge on any atom is 0.305 e. The zero-order chi connectivity index (χ0) is 18.1. The second-order valence-electron chi connectivity index (χ2n) is 7.86. The van der Waals surface area contributed by atoms with Crippen LogP contribution >= 0.6 is 0 Å². The minimum Gasteiger partial charge on any atom is -0.460 e. The Hall–Kier alpha value is -0.830. The summed E-state index contributed by atoms with van der Waals surface area (Å²) in [5.41, 5.74) is 0. The fraction of sp³-hybridized carbons (Fsp3) is 0.857. The highest BCUT2D eigenvalue weighted by atomic mass is 16.5. The van der Waals surface area contributed by atoms with Crippen molar-refractivity contribution in [2.75, 3.05) is 34.3 Å². The van der Waals surface area contributed by atoms with Gasteiger partial charge in [-0.05, 0) is 32.1 Å². The second-order valence-corrected chi connectivity index (χ2v) is 7.86. The first-order valence-electron chi connectivity index (χ1n) is 10.1. The first kappa shape index (κ1) is 23.2. The minimum atomic E-state index is -0.0398. The van der Waals surface area contributed by atoms with Gasteiger partial charge >= 0.3 is 5.97 Å². The van der Waals surface area contributed by atoms with Gasteiger partial charge in [0.05, 0.1) is 21.1 Å². The van der Waals surface area contributed by atoms with E-state index in [1.165, 1.54) is 51.4 Å². The van der Waals surface area contributed by atoms with Gasteiger partial charge in [0.25, 0.3) is 0 Å². The summed E-state index contributed by atoms with van der Waals surface area (Å²) in [5, 5.41) is 0. The van der Waals surface area contributed by atoms with E-state index in [4.69, 9.17) is 4.74 Å². The smallest absolute Gasteiger partial charge is 0.305 e. The van der Waals surface area contributed by atoms with Crippen LogP contribution in [0.15, 0.2) is 12.2 Å². The first-order chi connectivity index (χ1) is 11.5. The topological polar surface area (TPSA) is 26.3 Å². The van der Waals surface area contributed by atoms with Gasteiger partial charge < -0.3 is 9.22 Å². The summed E-state index contributed by atoms with van der Waals surface area (Å²) < 4.78 is 6.09. The molecule has 0 bridgehead atoms. The molecule has 0 amide bonds. The summed E-state index contributed by atoms with van der Waals surface area (Å²) in [4.78, 5) is 11.6. The van der Waals surface area contributed by atoms with Gasteiger partial charge in [-0.15, -0.1) is 0 Å². The minimum absolute atomic E-state index is 0.0398. The fourth-order valence-electron chi connectivity index (χ4n) is 2.49. The summed E-state index contributed by atoms with van der Waals surface area (Å²) in [6.45, 7) is 3.66. The quantitative estimate of drug-likeness (QED) is 0.161. The van der Waals surface area contributed by atoms with Crippen molar-refractivity contribution in [2.24, 2.45) is 0 Å². The maximum atomic E-state index is 11.6. The molecule has 0 saturated carbocycles. The van der Waals surface area contributed by atoms with E-state index >= 15 is 0 Å². The molecular formula is C21H42NO2+. The van der Waals surface area contributed by atoms with E-state index in [1.807, 2.05) is 0 Å². The van der Waals surface area contributed by atoms with Crippen LogP contribution in [-0.4, -0.2) is 44.7 Å². The lowest BCUT2D eigenvalue weighted by molar-refractivity contribution is -0.870. The van der Waals surface area contributed by atoms with Crippen molar-refractivity contribution >= 4 is 5.97 Å². The van der Waals surface area contributed by atoms with E-state index < -0.39 is 0 Å². The van der Waals surface area contributed by atoms with Crippen molar-refractivity contribution in [1.82, 2.24) is 0 Å². The fourth-order valence-corrected chi connectivity index (χ4v) is 2.49. The van der Waals surface area contributed by atoms with Gasteiger partial charge in [-0.2, -0.15) is 0 Å². The zero-order valence-corrected chi connectivity index (χ0v) is 16.8. The Balaban J connectivity index is 3.29. The molecule has 0 rings (SSSR count). The van der Waals surface area contributed by atoms with Gasteiger partial charge in [0.2, 0.25) is 0 Å². The molecule has 0 spiro atoms. The molecule has 3 heteroatoms. The number of hydrogen-bond donors (Lipinski definition) is 0. The average Bonchev–Trinajstić information content (AvgIpc) is 2.50. The van der Waals surface area contributed by atoms with Crippen LogP contribution in [-0.2, 0) is 9.53 Å². The number of likely N-dealkylation sites (N-methyl/N-ethyl adjacent to an activating group) is 1. The Morgan fingerprint density at radius 2 is 1.38 bits per heavy atom. The monoisotopic (exact) mass is 340 g/mol. The van der Waals surface area contributed by atoms with Crippen molar-refractivity contribution in [3.05, 3.63) is 12.2 Å². The Labute approximate surface area is 151 Å². The third kappa shape index (κ3) is 19.2. The summed E-state index contributed by atoms with van der Waals surface area (Å²) in [5.74, 6) is -0.0398. The van der Waals surface area contributed by atoms with Crippen LogP contribution in [0.4, 0.5) is 0 Å². The van der Waals surface area contributed by atoms with Gasteiger partial charge in [-0.1, -0.05) is 57.6 Å². The van der Waals surface area contributed by atoms with Crippen LogP contribution in [0, 0.1) is 0 Å². The number of quaternary nitrogens is 1. The van der Waals surface area contributed by atoms with Gasteiger partial charge in [0.15, 0.2) is 0 Å². The number of nitrogens with zero attached hydrogens (tertiary/aromatic N) is 1. The van der Waals surface area contributed by atoms with E-state index in [-0.39, 0.29) is 5.97 Å². The molecule has 0 heterocycles. The Morgan fingerprint density at radius 3 is 1.96 bits per heavy atom. The van der Waals surface area contributed by atoms with Crippen LogP contribution in [0.3, 0.4) is 0 Å². The lowest BCUT2D eigenvalue weighted by Gasteiger charge is -2.23. The number of ether oxygens (including phenoxy) is 1. The van der Waals surface area contributed by atoms with E-state index in [9.17, 15) is 4.79 Å². The number of unbranched alkanes of at least 4 members (excludes halogenated alkanes) is 9. The molecule has 0 fully saturated rings. The molecule has 0 aliphatic rings. The molecule has 24 heavy (non-hydrogen) atoms. The average molecular weight is 341 g/mol. The van der Waals surface area contributed by atoms with Crippen molar-refractivity contribution in [3.63, 3.8) is 0 Å². The largest absolute Gasteiger partial charge is 0.460 e. The predicted octanol–water partition coefficient (Wildman–Crippen LogP) is 5.49. The molecule has 142 valence electrons. The van der Waals surface area contributed by atoms with Crippen LogP contribution in [0.1, 0.15) is 84.0 Å². The highest BCUT2D eigenvalue weighted by Crippen LogP contribution is 2.09. The van der Waals surface area contributed by atoms with Crippen molar-refractivity contribution in [3.8, 4) is 0 Å². The van der Waals surface area contributed by atoms with Crippen molar-refractivity contribution < 1.29 is 14.0 Å². The number of rotatable bonds is 16. The van der Waals surface area contributed by atoms with Gasteiger partial charge in [-0.3, -0.25) is 4.79 Å². The molecule has 3 nitrogen and oxygen atoms in total. The van der Waals surface area contributed by atoms with Crippen LogP contribution in [0.2, 0.25) is 0 Å². The lowest BCUT2D eigenvalue weighted by Crippen LogP contribution is -2.37. The van der Waals surface area contributed by atoms with Crippen LogP contribution in [0.25, 0.3) is 0 Å². The molecule has 0 saturated heterocycles. The van der Waals surface area contributed by atoms with Crippen molar-refractivity contribution in [1.29, 1.82) is 0 Å². The maximum absolute atomic E-state index is 11.6. The zero-order valence-electron chi connectivity index (χ0n) is 16.8.